The first kappa shape index (κ1) is 34.4. The van der Waals surface area contributed by atoms with Crippen LogP contribution in [0.2, 0.25) is 0 Å². The molecule has 2 aromatic carbocycles. The Labute approximate surface area is 319 Å². The minimum atomic E-state index is -0.952. The van der Waals surface area contributed by atoms with Crippen molar-refractivity contribution in [2.24, 2.45) is 23.7 Å². The van der Waals surface area contributed by atoms with E-state index in [4.69, 9.17) is 0 Å². The minimum absolute atomic E-state index is 0.109. The van der Waals surface area contributed by atoms with Crippen molar-refractivity contribution >= 4 is 40.8 Å². The van der Waals surface area contributed by atoms with Gasteiger partial charge >= 0.3 is 0 Å². The average molecular weight is 746 g/mol. The summed E-state index contributed by atoms with van der Waals surface area (Å²) in [5.41, 5.74) is 4.05. The molecule has 0 radical (unpaired) electrons. The van der Waals surface area contributed by atoms with Crippen LogP contribution in [0, 0.1) is 23.7 Å². The fourth-order valence-electron chi connectivity index (χ4n) is 10.4. The van der Waals surface area contributed by atoms with Gasteiger partial charge in [0.15, 0.2) is 5.82 Å². The number of piperidine rings is 3. The lowest BCUT2D eigenvalue weighted by atomic mass is 9.95. The van der Waals surface area contributed by atoms with Crippen molar-refractivity contribution in [2.45, 2.75) is 50.7 Å². The molecule has 14 heteroatoms. The van der Waals surface area contributed by atoms with Gasteiger partial charge in [0.25, 0.3) is 11.8 Å². The number of carbonyl (C=O) groups excluding carboxylic acids is 4. The summed E-state index contributed by atoms with van der Waals surface area (Å²) in [5.74, 6) is 2.13. The number of phenols is 1. The summed E-state index contributed by atoms with van der Waals surface area (Å²) in [5, 5.41) is 25.1. The quantitative estimate of drug-likeness (QED) is 0.305. The normalized spacial score (nSPS) is 29.4. The molecule has 7 heterocycles. The molecule has 1 aromatic heterocycles. The van der Waals surface area contributed by atoms with E-state index in [-0.39, 0.29) is 24.5 Å². The maximum absolute atomic E-state index is 13.4. The van der Waals surface area contributed by atoms with Crippen LogP contribution in [0.15, 0.2) is 48.5 Å². The van der Waals surface area contributed by atoms with E-state index >= 15 is 0 Å². The van der Waals surface area contributed by atoms with Crippen molar-refractivity contribution in [2.75, 3.05) is 74.0 Å². The first-order valence-electron chi connectivity index (χ1n) is 19.9. The number of anilines is 3. The van der Waals surface area contributed by atoms with Gasteiger partial charge in [-0.15, -0.1) is 10.2 Å². The number of fused-ring (bicyclic) bond motifs is 5. The Bertz CT molecular complexity index is 2070. The van der Waals surface area contributed by atoms with Crippen LogP contribution >= 0.6 is 0 Å². The Balaban J connectivity index is 0.699. The number of amides is 4. The van der Waals surface area contributed by atoms with Crippen LogP contribution in [0.5, 0.6) is 5.75 Å². The second-order valence-electron chi connectivity index (χ2n) is 16.8. The first-order valence-corrected chi connectivity index (χ1v) is 19.9. The van der Waals surface area contributed by atoms with Crippen LogP contribution in [0.1, 0.15) is 53.3 Å². The second-order valence-corrected chi connectivity index (χ2v) is 16.8. The Morgan fingerprint density at radius 2 is 1.62 bits per heavy atom. The topological polar surface area (TPSA) is 155 Å². The number of aromatic hydroxyl groups is 1. The highest BCUT2D eigenvalue weighted by atomic mass is 16.3. The number of phenolic OH excluding ortho intramolecular Hbond substituents is 1. The van der Waals surface area contributed by atoms with E-state index in [1.807, 2.05) is 30.3 Å². The lowest BCUT2D eigenvalue weighted by molar-refractivity contribution is -0.136. The minimum Gasteiger partial charge on any atom is -0.507 e. The van der Waals surface area contributed by atoms with Crippen LogP contribution in [-0.2, 0) is 9.59 Å². The Morgan fingerprint density at radius 1 is 0.836 bits per heavy atom. The largest absolute Gasteiger partial charge is 0.507 e. The predicted molar refractivity (Wildman–Crippen MR) is 205 cm³/mol. The van der Waals surface area contributed by atoms with E-state index in [1.165, 1.54) is 13.1 Å². The predicted octanol–water partition coefficient (Wildman–Crippen LogP) is 2.65. The highest BCUT2D eigenvalue weighted by molar-refractivity contribution is 6.23. The van der Waals surface area contributed by atoms with Crippen LogP contribution in [0.3, 0.4) is 0 Å². The Kier molecular flexibility index (Phi) is 8.32. The van der Waals surface area contributed by atoms with Gasteiger partial charge in [-0.2, -0.15) is 0 Å². The molecular formula is C41H47N9O5. The van der Waals surface area contributed by atoms with Crippen LogP contribution < -0.4 is 20.4 Å². The van der Waals surface area contributed by atoms with Gasteiger partial charge in [0.1, 0.15) is 11.8 Å². The highest BCUT2D eigenvalue weighted by Crippen LogP contribution is 2.53. The SMILES string of the molecule is C[C@H]1CN2c3cc(-c4ccccc4O)nnc3NC[C@H]2CN1CC1[C@H]2CN(CC3CCN(c4ccc5c(c4)C(=O)N(C4CCC(=O)NC4=O)C5=O)CC3)C[C@@H]12. The number of imide groups is 2. The average Bonchev–Trinajstić information content (AvgIpc) is 3.50. The summed E-state index contributed by atoms with van der Waals surface area (Å²) in [7, 11) is 0. The fourth-order valence-corrected chi connectivity index (χ4v) is 10.4. The van der Waals surface area contributed by atoms with Crippen LogP contribution in [-0.4, -0.2) is 131 Å². The fraction of sp³-hybridized carbons (Fsp3) is 0.512. The van der Waals surface area contributed by atoms with Gasteiger partial charge in [0, 0.05) is 82.6 Å². The Morgan fingerprint density at radius 3 is 2.40 bits per heavy atom. The number of nitrogens with zero attached hydrogens (tertiary/aromatic N) is 7. The monoisotopic (exact) mass is 745 g/mol. The van der Waals surface area contributed by atoms with E-state index in [9.17, 15) is 24.3 Å². The molecule has 6 atom stereocenters. The van der Waals surface area contributed by atoms with Crippen molar-refractivity contribution in [3.8, 4) is 17.0 Å². The van der Waals surface area contributed by atoms with Gasteiger partial charge in [-0.25, -0.2) is 0 Å². The molecule has 0 spiro atoms. The molecule has 4 saturated heterocycles. The number of aromatic nitrogens is 2. The lowest BCUT2D eigenvalue weighted by Crippen LogP contribution is -2.61. The number of hydrogen-bond acceptors (Lipinski definition) is 12. The van der Waals surface area contributed by atoms with E-state index in [2.05, 4.69) is 53.4 Å². The molecule has 3 N–H and O–H groups in total. The maximum atomic E-state index is 13.4. The maximum Gasteiger partial charge on any atom is 0.262 e. The lowest BCUT2D eigenvalue weighted by Gasteiger charge is -2.49. The summed E-state index contributed by atoms with van der Waals surface area (Å²) < 4.78 is 0. The smallest absolute Gasteiger partial charge is 0.262 e. The zero-order valence-corrected chi connectivity index (χ0v) is 31.1. The molecule has 1 saturated carbocycles. The molecule has 2 unspecified atom stereocenters. The number of piperazine rings is 1. The van der Waals surface area contributed by atoms with E-state index in [0.29, 0.717) is 40.4 Å². The van der Waals surface area contributed by atoms with Gasteiger partial charge in [0.2, 0.25) is 11.8 Å². The van der Waals surface area contributed by atoms with Gasteiger partial charge in [-0.05, 0) is 86.3 Å². The highest BCUT2D eigenvalue weighted by Gasteiger charge is 2.56. The number of likely N-dealkylation sites (tertiary alicyclic amines) is 1. The van der Waals surface area contributed by atoms with Crippen LogP contribution in [0.25, 0.3) is 11.3 Å². The molecule has 14 nitrogen and oxygen atoms in total. The molecule has 55 heavy (non-hydrogen) atoms. The van der Waals surface area contributed by atoms with Gasteiger partial charge in [0.05, 0.1) is 28.6 Å². The van der Waals surface area contributed by atoms with Crippen molar-refractivity contribution < 1.29 is 24.3 Å². The van der Waals surface area contributed by atoms with Crippen molar-refractivity contribution in [3.63, 3.8) is 0 Å². The summed E-state index contributed by atoms with van der Waals surface area (Å²) >= 11 is 0. The summed E-state index contributed by atoms with van der Waals surface area (Å²) in [6.07, 6.45) is 2.43. The molecule has 0 bridgehead atoms. The van der Waals surface area contributed by atoms with E-state index < -0.39 is 23.8 Å². The van der Waals surface area contributed by atoms with Crippen molar-refractivity contribution in [1.29, 1.82) is 0 Å². The summed E-state index contributed by atoms with van der Waals surface area (Å²) in [6.45, 7) is 11.7. The number of nitrogens with one attached hydrogen (secondary N) is 2. The molecule has 10 rings (SSSR count). The van der Waals surface area contributed by atoms with Crippen molar-refractivity contribution in [3.05, 3.63) is 59.7 Å². The standard InChI is InChI=1S/C41H47N9O5/c1-23-17-49-26(16-42-38-35(49)15-33(44-45-38)28-4-2-3-5-36(28)51)19-48(23)22-32-30-20-46(21-31(30)32)18-24-10-12-47(13-11-24)25-6-7-27-29(14-25)41(55)50(40(27)54)34-8-9-37(52)43-39(34)53/h2-7,14-15,23-24,26,30-32,34,51H,8-13,16-22H2,1H3,(H,42,45)(H,43,52,53)/t23-,26-,30-,31+,32?,34?/m0/s1. The zero-order valence-electron chi connectivity index (χ0n) is 31.1. The molecule has 3 aromatic rings. The second kappa shape index (κ2) is 13.3. The molecule has 4 amide bonds. The first-order chi connectivity index (χ1) is 26.7. The summed E-state index contributed by atoms with van der Waals surface area (Å²) in [4.78, 5) is 61.8. The number of para-hydroxylation sites is 1. The molecule has 5 fully saturated rings. The van der Waals surface area contributed by atoms with Gasteiger partial charge in [-0.1, -0.05) is 12.1 Å². The number of carbonyl (C=O) groups is 4. The van der Waals surface area contributed by atoms with Crippen LogP contribution in [0.4, 0.5) is 17.2 Å². The van der Waals surface area contributed by atoms with Crippen molar-refractivity contribution in [1.82, 2.24) is 30.2 Å². The van der Waals surface area contributed by atoms with E-state index in [0.717, 1.165) is 98.5 Å². The zero-order chi connectivity index (χ0) is 37.5. The Hall–Kier alpha value is -5.08. The molecule has 6 aliphatic heterocycles. The van der Waals surface area contributed by atoms with E-state index in [1.54, 1.807) is 12.1 Å². The summed E-state index contributed by atoms with van der Waals surface area (Å²) in [6, 6.07) is 14.6. The molecule has 7 aliphatic rings. The van der Waals surface area contributed by atoms with Gasteiger partial charge in [-0.3, -0.25) is 34.3 Å². The third-order valence-corrected chi connectivity index (χ3v) is 13.6. The molecule has 286 valence electrons. The third kappa shape index (κ3) is 6.00. The third-order valence-electron chi connectivity index (χ3n) is 13.6. The number of rotatable bonds is 7. The van der Waals surface area contributed by atoms with Gasteiger partial charge < -0.3 is 25.1 Å². The molecule has 1 aliphatic carbocycles. The molecular weight excluding hydrogens is 699 g/mol. The number of benzene rings is 2. The number of hydrogen-bond donors (Lipinski definition) is 3.